The third kappa shape index (κ3) is 4.60. The Morgan fingerprint density at radius 1 is 1.11 bits per heavy atom. The van der Waals surface area contributed by atoms with Gasteiger partial charge < -0.3 is 20.7 Å². The minimum absolute atomic E-state index is 0.338. The van der Waals surface area contributed by atoms with Crippen LogP contribution < -0.4 is 16.0 Å². The summed E-state index contributed by atoms with van der Waals surface area (Å²) in [7, 11) is 0. The molecule has 1 fully saturated rings. The van der Waals surface area contributed by atoms with Crippen LogP contribution in [0.15, 0.2) is 42.6 Å². The summed E-state index contributed by atoms with van der Waals surface area (Å²) in [5.41, 5.74) is 6.32. The number of anilines is 2. The van der Waals surface area contributed by atoms with Crippen molar-refractivity contribution in [3.8, 4) is 0 Å². The van der Waals surface area contributed by atoms with Crippen LogP contribution in [0.2, 0.25) is 0 Å². The molecule has 0 unspecified atom stereocenters. The number of pyridine rings is 1. The first-order chi connectivity index (χ1) is 13.0. The Bertz CT molecular complexity index is 845. The average Bonchev–Trinajstić information content (AvgIpc) is 3.21. The number of esters is 1. The predicted octanol–water partition coefficient (Wildman–Crippen LogP) is 1.58. The molecule has 1 aliphatic rings. The van der Waals surface area contributed by atoms with E-state index in [4.69, 9.17) is 10.5 Å². The molecule has 0 aliphatic carbocycles. The van der Waals surface area contributed by atoms with Crippen LogP contribution in [0.5, 0.6) is 0 Å². The molecule has 0 atom stereocenters. The zero-order valence-electron chi connectivity index (χ0n) is 14.7. The largest absolute Gasteiger partial charge is 0.452 e. The highest BCUT2D eigenvalue weighted by atomic mass is 16.5. The lowest BCUT2D eigenvalue weighted by molar-refractivity contribution is -0.119. The number of hydrogen-bond donors (Lipinski definition) is 2. The van der Waals surface area contributed by atoms with Crippen LogP contribution in [0.25, 0.3) is 0 Å². The molecule has 0 radical (unpaired) electrons. The zero-order chi connectivity index (χ0) is 19.2. The molecule has 27 heavy (non-hydrogen) atoms. The summed E-state index contributed by atoms with van der Waals surface area (Å²) in [4.78, 5) is 41.7. The molecule has 1 aromatic carbocycles. The summed E-state index contributed by atoms with van der Waals surface area (Å²) in [5, 5.41) is 2.59. The third-order valence-electron chi connectivity index (χ3n) is 4.20. The molecule has 8 heteroatoms. The fourth-order valence-electron chi connectivity index (χ4n) is 2.86. The highest BCUT2D eigenvalue weighted by Crippen LogP contribution is 2.22. The lowest BCUT2D eigenvalue weighted by Gasteiger charge is -2.18. The molecule has 0 bridgehead atoms. The molecule has 3 N–H and O–H groups in total. The molecule has 2 aromatic rings. The van der Waals surface area contributed by atoms with Gasteiger partial charge in [-0.1, -0.05) is 0 Å². The molecule has 0 saturated carbocycles. The van der Waals surface area contributed by atoms with E-state index in [0.29, 0.717) is 22.6 Å². The zero-order valence-corrected chi connectivity index (χ0v) is 14.7. The third-order valence-corrected chi connectivity index (χ3v) is 4.20. The highest BCUT2D eigenvalue weighted by Gasteiger charge is 2.22. The van der Waals surface area contributed by atoms with E-state index < -0.39 is 24.4 Å². The van der Waals surface area contributed by atoms with Crippen LogP contribution in [0, 0.1) is 0 Å². The van der Waals surface area contributed by atoms with Crippen LogP contribution in [0.3, 0.4) is 0 Å². The van der Waals surface area contributed by atoms with Crippen LogP contribution >= 0.6 is 0 Å². The molecule has 8 nitrogen and oxygen atoms in total. The van der Waals surface area contributed by atoms with E-state index >= 15 is 0 Å². The molecule has 0 spiro atoms. The van der Waals surface area contributed by atoms with Gasteiger partial charge in [0.2, 0.25) is 5.91 Å². The van der Waals surface area contributed by atoms with E-state index in [1.54, 1.807) is 30.5 Å². The van der Waals surface area contributed by atoms with Crippen molar-refractivity contribution in [2.45, 2.75) is 12.8 Å². The summed E-state index contributed by atoms with van der Waals surface area (Å²) >= 11 is 0. The number of nitrogens with two attached hydrogens (primary N) is 1. The number of ether oxygens (including phenoxy) is 1. The maximum absolute atomic E-state index is 12.4. The van der Waals surface area contributed by atoms with E-state index in [1.807, 2.05) is 4.90 Å². The number of carbonyl (C=O) groups excluding carboxylic acids is 3. The number of primary amides is 1. The minimum Gasteiger partial charge on any atom is -0.452 e. The molecular formula is C19H20N4O4. The van der Waals surface area contributed by atoms with Gasteiger partial charge in [0.15, 0.2) is 6.61 Å². The Balaban J connectivity index is 1.57. The Kier molecular flexibility index (Phi) is 5.65. The number of aromatic nitrogens is 1. The number of nitrogens with zero attached hydrogens (tertiary/aromatic N) is 2. The van der Waals surface area contributed by atoms with E-state index in [2.05, 4.69) is 10.3 Å². The standard InChI is InChI=1S/C19H20N4O4/c20-17(25)13-5-7-14(8-6-13)22-16(24)12-27-19(26)15-4-3-9-21-18(15)23-10-1-2-11-23/h3-9H,1-2,10-12H2,(H2,20,25)(H,22,24). The lowest BCUT2D eigenvalue weighted by Crippen LogP contribution is -2.25. The summed E-state index contributed by atoms with van der Waals surface area (Å²) < 4.78 is 5.13. The summed E-state index contributed by atoms with van der Waals surface area (Å²) in [6.07, 6.45) is 3.75. The van der Waals surface area contributed by atoms with Gasteiger partial charge in [-0.25, -0.2) is 9.78 Å². The van der Waals surface area contributed by atoms with Crippen molar-refractivity contribution in [2.24, 2.45) is 5.73 Å². The smallest absolute Gasteiger partial charge is 0.342 e. The van der Waals surface area contributed by atoms with Gasteiger partial charge in [0.05, 0.1) is 0 Å². The van der Waals surface area contributed by atoms with Gasteiger partial charge in [-0.2, -0.15) is 0 Å². The van der Waals surface area contributed by atoms with Gasteiger partial charge >= 0.3 is 5.97 Å². The van der Waals surface area contributed by atoms with Gasteiger partial charge in [0.25, 0.3) is 5.91 Å². The predicted molar refractivity (Wildman–Crippen MR) is 99.6 cm³/mol. The Hall–Kier alpha value is -3.42. The van der Waals surface area contributed by atoms with Gasteiger partial charge in [0, 0.05) is 30.5 Å². The van der Waals surface area contributed by atoms with Crippen molar-refractivity contribution in [3.05, 3.63) is 53.7 Å². The second-order valence-corrected chi connectivity index (χ2v) is 6.13. The highest BCUT2D eigenvalue weighted by molar-refractivity contribution is 5.98. The van der Waals surface area contributed by atoms with Crippen molar-refractivity contribution in [2.75, 3.05) is 29.9 Å². The fourth-order valence-corrected chi connectivity index (χ4v) is 2.86. The van der Waals surface area contributed by atoms with Crippen LogP contribution in [-0.2, 0) is 9.53 Å². The number of nitrogens with one attached hydrogen (secondary N) is 1. The molecular weight excluding hydrogens is 348 g/mol. The maximum atomic E-state index is 12.4. The molecule has 1 saturated heterocycles. The molecule has 2 amide bonds. The van der Waals surface area contributed by atoms with Crippen molar-refractivity contribution < 1.29 is 19.1 Å². The van der Waals surface area contributed by atoms with Gasteiger partial charge in [-0.05, 0) is 49.2 Å². The Labute approximate surface area is 156 Å². The molecule has 1 aliphatic heterocycles. The first-order valence-corrected chi connectivity index (χ1v) is 8.61. The van der Waals surface area contributed by atoms with E-state index in [1.165, 1.54) is 12.1 Å². The summed E-state index contributed by atoms with van der Waals surface area (Å²) in [6, 6.07) is 9.41. The topological polar surface area (TPSA) is 115 Å². The minimum atomic E-state index is -0.593. The lowest BCUT2D eigenvalue weighted by atomic mass is 10.2. The van der Waals surface area contributed by atoms with E-state index in [-0.39, 0.29) is 0 Å². The molecule has 2 heterocycles. The first kappa shape index (κ1) is 18.4. The van der Waals surface area contributed by atoms with Gasteiger partial charge in [-0.15, -0.1) is 0 Å². The first-order valence-electron chi connectivity index (χ1n) is 8.61. The molecule has 1 aromatic heterocycles. The van der Waals surface area contributed by atoms with Gasteiger partial charge in [-0.3, -0.25) is 9.59 Å². The second kappa shape index (κ2) is 8.31. The second-order valence-electron chi connectivity index (χ2n) is 6.13. The van der Waals surface area contributed by atoms with Crippen LogP contribution in [0.1, 0.15) is 33.6 Å². The average molecular weight is 368 g/mol. The van der Waals surface area contributed by atoms with Crippen molar-refractivity contribution in [1.82, 2.24) is 4.98 Å². The number of amides is 2. The van der Waals surface area contributed by atoms with Crippen molar-refractivity contribution >= 4 is 29.3 Å². The summed E-state index contributed by atoms with van der Waals surface area (Å²) in [6.45, 7) is 1.27. The summed E-state index contributed by atoms with van der Waals surface area (Å²) in [5.74, 6) is -1.04. The van der Waals surface area contributed by atoms with Crippen molar-refractivity contribution in [3.63, 3.8) is 0 Å². The number of hydrogen-bond acceptors (Lipinski definition) is 6. The van der Waals surface area contributed by atoms with Crippen LogP contribution in [-0.4, -0.2) is 42.5 Å². The normalized spacial score (nSPS) is 13.3. The fraction of sp³-hybridized carbons (Fsp3) is 0.263. The monoisotopic (exact) mass is 368 g/mol. The van der Waals surface area contributed by atoms with Gasteiger partial charge in [0.1, 0.15) is 11.4 Å². The molecule has 140 valence electrons. The maximum Gasteiger partial charge on any atom is 0.342 e. The Morgan fingerprint density at radius 3 is 2.48 bits per heavy atom. The quantitative estimate of drug-likeness (QED) is 0.748. The van der Waals surface area contributed by atoms with Crippen LogP contribution in [0.4, 0.5) is 11.5 Å². The number of benzene rings is 1. The number of carbonyl (C=O) groups is 3. The molecule has 3 rings (SSSR count). The Morgan fingerprint density at radius 2 is 1.81 bits per heavy atom. The van der Waals surface area contributed by atoms with Crippen molar-refractivity contribution in [1.29, 1.82) is 0 Å². The van der Waals surface area contributed by atoms with E-state index in [0.717, 1.165) is 25.9 Å². The van der Waals surface area contributed by atoms with E-state index in [9.17, 15) is 14.4 Å². The SMILES string of the molecule is NC(=O)c1ccc(NC(=O)COC(=O)c2cccnc2N2CCCC2)cc1. The number of rotatable bonds is 6.